The molecule has 0 aliphatic carbocycles. The maximum atomic E-state index is 12.7. The van der Waals surface area contributed by atoms with Gasteiger partial charge in [-0.05, 0) is 48.6 Å². The van der Waals surface area contributed by atoms with E-state index in [1.165, 1.54) is 0 Å². The van der Waals surface area contributed by atoms with Gasteiger partial charge in [0, 0.05) is 45.5 Å². The molecule has 0 aliphatic heterocycles. The smallest absolute Gasteiger partial charge is 0.320 e. The lowest BCUT2D eigenvalue weighted by Crippen LogP contribution is -2.28. The molecule has 5 heteroatoms. The second-order valence-corrected chi connectivity index (χ2v) is 7.84. The van der Waals surface area contributed by atoms with Crippen molar-refractivity contribution in [3.63, 3.8) is 0 Å². The molecule has 0 saturated heterocycles. The number of benzene rings is 2. The summed E-state index contributed by atoms with van der Waals surface area (Å²) in [5.41, 5.74) is 4.51. The van der Waals surface area contributed by atoms with Crippen LogP contribution in [0.1, 0.15) is 24.0 Å². The topological polar surface area (TPSA) is 32.8 Å². The van der Waals surface area contributed by atoms with E-state index in [4.69, 9.17) is 4.74 Å². The van der Waals surface area contributed by atoms with Crippen LogP contribution in [0.5, 0.6) is 0 Å². The van der Waals surface area contributed by atoms with E-state index in [1.54, 1.807) is 11.8 Å². The van der Waals surface area contributed by atoms with Gasteiger partial charge in [0.05, 0.1) is 6.61 Å². The molecule has 0 aliphatic rings. The van der Waals surface area contributed by atoms with Crippen LogP contribution in [0.3, 0.4) is 0 Å². The number of ether oxygens (including phenoxy) is 1. The summed E-state index contributed by atoms with van der Waals surface area (Å²) in [5, 5.41) is -0.291. The summed E-state index contributed by atoms with van der Waals surface area (Å²) < 4.78 is 5.37. The van der Waals surface area contributed by atoms with Crippen LogP contribution in [-0.2, 0) is 9.53 Å². The van der Waals surface area contributed by atoms with Gasteiger partial charge < -0.3 is 14.5 Å². The van der Waals surface area contributed by atoms with Crippen LogP contribution >= 0.6 is 11.8 Å². The Balaban J connectivity index is 2.48. The molecule has 2 aromatic carbocycles. The highest BCUT2D eigenvalue weighted by molar-refractivity contribution is 8.00. The Labute approximate surface area is 167 Å². The number of thioether (sulfide) groups is 1. The van der Waals surface area contributed by atoms with Crippen LogP contribution in [0, 0.1) is 0 Å². The molecule has 146 valence electrons. The number of hydrogen-bond acceptors (Lipinski definition) is 5. The number of esters is 1. The van der Waals surface area contributed by atoms with Gasteiger partial charge in [-0.1, -0.05) is 24.3 Å². The molecule has 0 saturated carbocycles. The zero-order valence-electron chi connectivity index (χ0n) is 17.1. The van der Waals surface area contributed by atoms with E-state index in [1.807, 2.05) is 41.4 Å². The van der Waals surface area contributed by atoms with Crippen LogP contribution in [0.25, 0.3) is 0 Å². The Morgan fingerprint density at radius 3 is 1.59 bits per heavy atom. The number of nitrogens with zero attached hydrogens (tertiary/aromatic N) is 2. The summed E-state index contributed by atoms with van der Waals surface area (Å²) in [6, 6.07) is 16.8. The SMILES string of the molecule is CCOC(=O)C(SC)C(c1ccc(N(C)C)cc1)c1ccc(N(C)C)cc1. The van der Waals surface area contributed by atoms with Crippen LogP contribution in [0.2, 0.25) is 0 Å². The second-order valence-electron chi connectivity index (χ2n) is 6.86. The summed E-state index contributed by atoms with van der Waals surface area (Å²) >= 11 is 1.54. The molecular formula is C22H30N2O2S. The second kappa shape index (κ2) is 9.70. The normalized spacial score (nSPS) is 12.0. The molecule has 1 unspecified atom stereocenters. The average Bonchev–Trinajstić information content (AvgIpc) is 2.66. The lowest BCUT2D eigenvalue weighted by molar-refractivity contribution is -0.142. The fourth-order valence-corrected chi connectivity index (χ4v) is 3.94. The molecular weight excluding hydrogens is 356 g/mol. The minimum Gasteiger partial charge on any atom is -0.465 e. The van der Waals surface area contributed by atoms with Crippen molar-refractivity contribution in [3.05, 3.63) is 59.7 Å². The molecule has 4 nitrogen and oxygen atoms in total. The number of hydrogen-bond donors (Lipinski definition) is 0. The Hall–Kier alpha value is -2.14. The maximum absolute atomic E-state index is 12.7. The van der Waals surface area contributed by atoms with Crippen LogP contribution in [-0.4, -0.2) is 52.3 Å². The number of rotatable bonds is 8. The van der Waals surface area contributed by atoms with Gasteiger partial charge >= 0.3 is 5.97 Å². The van der Waals surface area contributed by atoms with E-state index in [-0.39, 0.29) is 17.1 Å². The molecule has 0 bridgehead atoms. The highest BCUT2D eigenvalue weighted by Gasteiger charge is 2.31. The molecule has 2 rings (SSSR count). The third-order valence-electron chi connectivity index (χ3n) is 4.61. The number of anilines is 2. The molecule has 0 heterocycles. The molecule has 0 aromatic heterocycles. The summed E-state index contributed by atoms with van der Waals surface area (Å²) in [5.74, 6) is -0.227. The van der Waals surface area contributed by atoms with E-state index < -0.39 is 0 Å². The first-order valence-electron chi connectivity index (χ1n) is 9.13. The molecule has 0 spiro atoms. The van der Waals surface area contributed by atoms with Gasteiger partial charge in [-0.15, -0.1) is 11.8 Å². The highest BCUT2D eigenvalue weighted by Crippen LogP contribution is 2.36. The third kappa shape index (κ3) is 5.19. The first-order valence-corrected chi connectivity index (χ1v) is 10.4. The minimum atomic E-state index is -0.291. The number of carbonyl (C=O) groups is 1. The van der Waals surface area contributed by atoms with Crippen LogP contribution < -0.4 is 9.80 Å². The zero-order valence-corrected chi connectivity index (χ0v) is 17.9. The van der Waals surface area contributed by atoms with E-state index in [9.17, 15) is 4.79 Å². The van der Waals surface area contributed by atoms with Gasteiger partial charge in [0.15, 0.2) is 0 Å². The van der Waals surface area contributed by atoms with E-state index in [0.29, 0.717) is 6.61 Å². The quantitative estimate of drug-likeness (QED) is 0.634. The van der Waals surface area contributed by atoms with Gasteiger partial charge in [0.1, 0.15) is 5.25 Å². The van der Waals surface area contributed by atoms with Gasteiger partial charge in [-0.2, -0.15) is 0 Å². The summed E-state index contributed by atoms with van der Waals surface area (Å²) in [4.78, 5) is 16.8. The zero-order chi connectivity index (χ0) is 20.0. The fourth-order valence-electron chi connectivity index (χ4n) is 3.09. The first kappa shape index (κ1) is 21.2. The Morgan fingerprint density at radius 1 is 0.889 bits per heavy atom. The fraction of sp³-hybridized carbons (Fsp3) is 0.409. The predicted molar refractivity (Wildman–Crippen MR) is 117 cm³/mol. The van der Waals surface area contributed by atoms with Crippen LogP contribution in [0.4, 0.5) is 11.4 Å². The maximum Gasteiger partial charge on any atom is 0.320 e. The van der Waals surface area contributed by atoms with Gasteiger partial charge in [0.2, 0.25) is 0 Å². The molecule has 0 N–H and O–H groups in total. The van der Waals surface area contributed by atoms with E-state index >= 15 is 0 Å². The predicted octanol–water partition coefficient (Wildman–Crippen LogP) is 4.25. The standard InChI is InChI=1S/C22H30N2O2S/c1-7-26-22(25)21(27-6)20(16-8-12-18(13-9-16)23(2)3)17-10-14-19(15-11-17)24(4)5/h8-15,20-21H,7H2,1-6H3. The van der Waals surface area contributed by atoms with E-state index in [0.717, 1.165) is 22.5 Å². The van der Waals surface area contributed by atoms with Crippen molar-refractivity contribution in [1.29, 1.82) is 0 Å². The number of carbonyl (C=O) groups excluding carboxylic acids is 1. The minimum absolute atomic E-state index is 0.0634. The Bertz CT molecular complexity index is 675. The molecule has 0 fully saturated rings. The Kier molecular flexibility index (Phi) is 7.60. The van der Waals surface area contributed by atoms with Crippen molar-refractivity contribution >= 4 is 29.1 Å². The highest BCUT2D eigenvalue weighted by atomic mass is 32.2. The van der Waals surface area contributed by atoms with Crippen LogP contribution in [0.15, 0.2) is 48.5 Å². The van der Waals surface area contributed by atoms with Crippen molar-refractivity contribution < 1.29 is 9.53 Å². The van der Waals surface area contributed by atoms with E-state index in [2.05, 4.69) is 58.3 Å². The van der Waals surface area contributed by atoms with Gasteiger partial charge in [-0.3, -0.25) is 4.79 Å². The largest absolute Gasteiger partial charge is 0.465 e. The van der Waals surface area contributed by atoms with Crippen molar-refractivity contribution in [2.24, 2.45) is 0 Å². The Morgan fingerprint density at radius 2 is 1.30 bits per heavy atom. The first-order chi connectivity index (χ1) is 12.9. The van der Waals surface area contributed by atoms with Gasteiger partial charge in [-0.25, -0.2) is 0 Å². The molecule has 27 heavy (non-hydrogen) atoms. The summed E-state index contributed by atoms with van der Waals surface area (Å²) in [6.07, 6.45) is 1.97. The summed E-state index contributed by atoms with van der Waals surface area (Å²) in [6.45, 7) is 2.24. The summed E-state index contributed by atoms with van der Waals surface area (Å²) in [7, 11) is 8.09. The molecule has 1 atom stereocenters. The molecule has 0 radical (unpaired) electrons. The lowest BCUT2D eigenvalue weighted by atomic mass is 9.87. The lowest BCUT2D eigenvalue weighted by Gasteiger charge is -2.26. The monoisotopic (exact) mass is 386 g/mol. The van der Waals surface area contributed by atoms with Crippen molar-refractivity contribution in [2.45, 2.75) is 18.1 Å². The molecule has 0 amide bonds. The van der Waals surface area contributed by atoms with Gasteiger partial charge in [0.25, 0.3) is 0 Å². The third-order valence-corrected chi connectivity index (χ3v) is 5.59. The average molecular weight is 387 g/mol. The molecule has 2 aromatic rings. The van der Waals surface area contributed by atoms with Crippen molar-refractivity contribution in [2.75, 3.05) is 50.9 Å². The van der Waals surface area contributed by atoms with Crippen molar-refractivity contribution in [3.8, 4) is 0 Å². The van der Waals surface area contributed by atoms with Crippen molar-refractivity contribution in [1.82, 2.24) is 0 Å².